The van der Waals surface area contributed by atoms with Crippen molar-refractivity contribution in [3.63, 3.8) is 0 Å². The van der Waals surface area contributed by atoms with E-state index in [-0.39, 0.29) is 11.8 Å². The summed E-state index contributed by atoms with van der Waals surface area (Å²) >= 11 is 1.30. The van der Waals surface area contributed by atoms with E-state index in [4.69, 9.17) is 4.74 Å². The highest BCUT2D eigenvalue weighted by molar-refractivity contribution is 7.14. The fourth-order valence-corrected chi connectivity index (χ4v) is 4.99. The van der Waals surface area contributed by atoms with Crippen LogP contribution in [-0.4, -0.2) is 52.8 Å². The van der Waals surface area contributed by atoms with E-state index < -0.39 is 17.7 Å². The van der Waals surface area contributed by atoms with Crippen LogP contribution in [0.15, 0.2) is 6.07 Å². The second-order valence-corrected chi connectivity index (χ2v) is 8.39. The third kappa shape index (κ3) is 3.59. The summed E-state index contributed by atoms with van der Waals surface area (Å²) in [6.45, 7) is 5.58. The van der Waals surface area contributed by atoms with Crippen LogP contribution in [0.25, 0.3) is 0 Å². The zero-order valence-corrected chi connectivity index (χ0v) is 15.5. The number of amides is 1. The minimum absolute atomic E-state index is 0.211. The first-order valence-electron chi connectivity index (χ1n) is 8.80. The zero-order valence-electron chi connectivity index (χ0n) is 14.7. The quantitative estimate of drug-likeness (QED) is 0.852. The molecule has 1 fully saturated rings. The number of aliphatic hydroxyl groups excluding tert-OH is 1. The minimum atomic E-state index is -0.947. The first-order chi connectivity index (χ1) is 11.8. The Hall–Kier alpha value is -1.44. The van der Waals surface area contributed by atoms with Gasteiger partial charge in [-0.15, -0.1) is 11.3 Å². The van der Waals surface area contributed by atoms with Gasteiger partial charge in [-0.05, 0) is 43.2 Å². The predicted molar refractivity (Wildman–Crippen MR) is 93.9 cm³/mol. The van der Waals surface area contributed by atoms with Crippen LogP contribution in [0, 0.1) is 5.92 Å². The van der Waals surface area contributed by atoms with Crippen molar-refractivity contribution in [2.45, 2.75) is 51.2 Å². The van der Waals surface area contributed by atoms with Gasteiger partial charge < -0.3 is 19.8 Å². The number of nitrogens with zero attached hydrogens (tertiary/aromatic N) is 1. The van der Waals surface area contributed by atoms with E-state index in [9.17, 15) is 19.8 Å². The number of aliphatic hydroxyl groups is 1. The van der Waals surface area contributed by atoms with Gasteiger partial charge in [-0.25, -0.2) is 4.79 Å². The molecule has 2 aliphatic rings. The van der Waals surface area contributed by atoms with E-state index in [0.717, 1.165) is 16.9 Å². The summed E-state index contributed by atoms with van der Waals surface area (Å²) in [7, 11) is 0. The van der Waals surface area contributed by atoms with E-state index in [0.29, 0.717) is 43.8 Å². The summed E-state index contributed by atoms with van der Waals surface area (Å²) in [5, 5.41) is 19.3. The molecular formula is C18H25NO5S. The van der Waals surface area contributed by atoms with Gasteiger partial charge in [0, 0.05) is 18.0 Å². The van der Waals surface area contributed by atoms with E-state index >= 15 is 0 Å². The van der Waals surface area contributed by atoms with Crippen molar-refractivity contribution >= 4 is 23.2 Å². The molecule has 25 heavy (non-hydrogen) atoms. The number of aromatic carboxylic acids is 1. The first-order valence-corrected chi connectivity index (χ1v) is 9.61. The Labute approximate surface area is 151 Å². The molecule has 2 aliphatic heterocycles. The number of hydrogen-bond acceptors (Lipinski definition) is 5. The molecule has 138 valence electrons. The zero-order chi connectivity index (χ0) is 18.2. The Morgan fingerprint density at radius 1 is 1.36 bits per heavy atom. The fourth-order valence-electron chi connectivity index (χ4n) is 3.75. The summed E-state index contributed by atoms with van der Waals surface area (Å²) < 4.78 is 6.10. The number of carbonyl (C=O) groups excluding carboxylic acids is 1. The van der Waals surface area contributed by atoms with Crippen molar-refractivity contribution in [2.24, 2.45) is 5.92 Å². The summed E-state index contributed by atoms with van der Waals surface area (Å²) in [5.74, 6) is -0.851. The average Bonchev–Trinajstić information content (AvgIpc) is 3.01. The highest BCUT2D eigenvalue weighted by Gasteiger charge is 2.44. The highest BCUT2D eigenvalue weighted by atomic mass is 32.1. The molecule has 0 aromatic carbocycles. The largest absolute Gasteiger partial charge is 0.477 e. The predicted octanol–water partition coefficient (Wildman–Crippen LogP) is 2.24. The summed E-state index contributed by atoms with van der Waals surface area (Å²) in [6.07, 6.45) is 1.53. The second kappa shape index (κ2) is 7.05. The number of fused-ring (bicyclic) bond motifs is 2. The third-order valence-corrected chi connectivity index (χ3v) is 6.40. The number of hydrogen-bond donors (Lipinski definition) is 2. The Bertz CT molecular complexity index is 660. The highest BCUT2D eigenvalue weighted by Crippen LogP contribution is 2.45. The number of rotatable bonds is 4. The van der Waals surface area contributed by atoms with Crippen molar-refractivity contribution in [1.29, 1.82) is 0 Å². The lowest BCUT2D eigenvalue weighted by molar-refractivity contribution is -0.149. The van der Waals surface area contributed by atoms with Crippen molar-refractivity contribution in [2.75, 3.05) is 19.7 Å². The minimum Gasteiger partial charge on any atom is -0.477 e. The van der Waals surface area contributed by atoms with Crippen LogP contribution in [-0.2, 0) is 21.6 Å². The van der Waals surface area contributed by atoms with Gasteiger partial charge in [0.25, 0.3) is 5.91 Å². The lowest BCUT2D eigenvalue weighted by atomic mass is 9.85. The van der Waals surface area contributed by atoms with Gasteiger partial charge in [0.05, 0.1) is 6.61 Å². The maximum atomic E-state index is 12.4. The van der Waals surface area contributed by atoms with Crippen LogP contribution in [0.4, 0.5) is 0 Å². The van der Waals surface area contributed by atoms with Crippen LogP contribution < -0.4 is 0 Å². The Morgan fingerprint density at radius 3 is 2.64 bits per heavy atom. The average molecular weight is 367 g/mol. The van der Waals surface area contributed by atoms with Gasteiger partial charge >= 0.3 is 5.97 Å². The molecule has 3 rings (SSSR count). The second-order valence-electron chi connectivity index (χ2n) is 7.33. The summed E-state index contributed by atoms with van der Waals surface area (Å²) in [4.78, 5) is 26.8. The number of ether oxygens (including phenoxy) is 1. The van der Waals surface area contributed by atoms with Crippen LogP contribution in [0.2, 0.25) is 0 Å². The molecule has 1 saturated heterocycles. The molecular weight excluding hydrogens is 342 g/mol. The SMILES string of the molecule is CC(C)CC(O)C(=O)N1CCC2(CC1)OCCc1cc(C(=O)O)sc12. The van der Waals surface area contributed by atoms with Crippen LogP contribution in [0.1, 0.15) is 53.2 Å². The van der Waals surface area contributed by atoms with Crippen molar-refractivity contribution in [3.8, 4) is 0 Å². The molecule has 1 unspecified atom stereocenters. The van der Waals surface area contributed by atoms with Crippen LogP contribution in [0.3, 0.4) is 0 Å². The number of carboxylic acid groups (broad SMARTS) is 1. The van der Waals surface area contributed by atoms with Gasteiger partial charge in [-0.1, -0.05) is 13.8 Å². The number of likely N-dealkylation sites (tertiary alicyclic amines) is 1. The lowest BCUT2D eigenvalue weighted by Crippen LogP contribution is -2.50. The molecule has 1 aromatic heterocycles. The molecule has 0 aliphatic carbocycles. The molecule has 3 heterocycles. The lowest BCUT2D eigenvalue weighted by Gasteiger charge is -2.44. The number of piperidine rings is 1. The van der Waals surface area contributed by atoms with E-state index in [2.05, 4.69) is 0 Å². The molecule has 6 nitrogen and oxygen atoms in total. The molecule has 7 heteroatoms. The molecule has 1 amide bonds. The van der Waals surface area contributed by atoms with Gasteiger partial charge in [-0.3, -0.25) is 4.79 Å². The molecule has 0 radical (unpaired) electrons. The summed E-state index contributed by atoms with van der Waals surface area (Å²) in [6, 6.07) is 1.76. The smallest absolute Gasteiger partial charge is 0.345 e. The van der Waals surface area contributed by atoms with Crippen molar-refractivity contribution in [1.82, 2.24) is 4.90 Å². The van der Waals surface area contributed by atoms with Gasteiger partial charge in [0.1, 0.15) is 16.6 Å². The van der Waals surface area contributed by atoms with E-state index in [1.54, 1.807) is 11.0 Å². The topological polar surface area (TPSA) is 87.1 Å². The van der Waals surface area contributed by atoms with Gasteiger partial charge in [-0.2, -0.15) is 0 Å². The molecule has 0 saturated carbocycles. The normalized spacial score (nSPS) is 20.6. The van der Waals surface area contributed by atoms with Crippen LogP contribution >= 0.6 is 11.3 Å². The van der Waals surface area contributed by atoms with Crippen molar-refractivity contribution in [3.05, 3.63) is 21.4 Å². The third-order valence-electron chi connectivity index (χ3n) is 5.05. The Morgan fingerprint density at radius 2 is 2.04 bits per heavy atom. The van der Waals surface area contributed by atoms with Gasteiger partial charge in [0.2, 0.25) is 0 Å². The van der Waals surface area contributed by atoms with E-state index in [1.165, 1.54) is 11.3 Å². The maximum Gasteiger partial charge on any atom is 0.345 e. The molecule has 1 atom stereocenters. The fraction of sp³-hybridized carbons (Fsp3) is 0.667. The molecule has 0 bridgehead atoms. The Balaban J connectivity index is 1.72. The van der Waals surface area contributed by atoms with Gasteiger partial charge in [0.15, 0.2) is 0 Å². The maximum absolute atomic E-state index is 12.4. The number of thiophene rings is 1. The molecule has 1 aromatic rings. The molecule has 2 N–H and O–H groups in total. The molecule has 1 spiro atoms. The number of carboxylic acids is 1. The van der Waals surface area contributed by atoms with Crippen LogP contribution in [0.5, 0.6) is 0 Å². The summed E-state index contributed by atoms with van der Waals surface area (Å²) in [5.41, 5.74) is 0.583. The monoisotopic (exact) mass is 367 g/mol. The standard InChI is InChI=1S/C18H25NO5S/c1-11(2)9-13(20)16(21)19-6-4-18(5-7-19)15-12(3-8-24-18)10-14(25-15)17(22)23/h10-11,13,20H,3-9H2,1-2H3,(H,22,23). The van der Waals surface area contributed by atoms with E-state index in [1.807, 2.05) is 13.8 Å². The number of carbonyl (C=O) groups is 2. The Kier molecular flexibility index (Phi) is 5.18. The first kappa shape index (κ1) is 18.4. The van der Waals surface area contributed by atoms with Crippen molar-refractivity contribution < 1.29 is 24.5 Å².